The van der Waals surface area contributed by atoms with Crippen molar-refractivity contribution in [3.63, 3.8) is 0 Å². The molecule has 2 aromatic carbocycles. The highest BCUT2D eigenvalue weighted by molar-refractivity contribution is 6.36. The van der Waals surface area contributed by atoms with Gasteiger partial charge in [-0.15, -0.1) is 0 Å². The van der Waals surface area contributed by atoms with Crippen LogP contribution in [0.4, 0.5) is 0 Å². The van der Waals surface area contributed by atoms with Gasteiger partial charge in [0.05, 0.1) is 5.02 Å². The van der Waals surface area contributed by atoms with Gasteiger partial charge in [0.25, 0.3) is 0 Å². The van der Waals surface area contributed by atoms with Crippen molar-refractivity contribution in [3.8, 4) is 0 Å². The predicted octanol–water partition coefficient (Wildman–Crippen LogP) is 4.59. The quantitative estimate of drug-likeness (QED) is 0.748. The molecule has 0 saturated heterocycles. The van der Waals surface area contributed by atoms with E-state index in [1.807, 2.05) is 18.2 Å². The second kappa shape index (κ2) is 6.03. The number of halogens is 2. The molecule has 0 aromatic heterocycles. The summed E-state index contributed by atoms with van der Waals surface area (Å²) in [5, 5.41) is 0.981. The number of hydrogen-bond acceptors (Lipinski definition) is 1. The molecule has 18 heavy (non-hydrogen) atoms. The molecule has 0 aliphatic heterocycles. The van der Waals surface area contributed by atoms with E-state index in [0.29, 0.717) is 15.6 Å². The lowest BCUT2D eigenvalue weighted by atomic mass is 10.0. The summed E-state index contributed by atoms with van der Waals surface area (Å²) in [5.41, 5.74) is 2.66. The van der Waals surface area contributed by atoms with Crippen LogP contribution in [-0.4, -0.2) is 6.29 Å². The molecule has 2 rings (SSSR count). The highest BCUT2D eigenvalue weighted by Crippen LogP contribution is 2.25. The molecule has 0 bridgehead atoms. The van der Waals surface area contributed by atoms with E-state index in [9.17, 15) is 4.79 Å². The summed E-state index contributed by atoms with van der Waals surface area (Å²) >= 11 is 12.0. The highest BCUT2D eigenvalue weighted by Gasteiger charge is 2.08. The highest BCUT2D eigenvalue weighted by atomic mass is 35.5. The van der Waals surface area contributed by atoms with E-state index in [4.69, 9.17) is 23.2 Å². The maximum absolute atomic E-state index is 11.0. The summed E-state index contributed by atoms with van der Waals surface area (Å²) in [6.45, 7) is 0. The Morgan fingerprint density at radius 2 is 1.72 bits per heavy atom. The van der Waals surface area contributed by atoms with Gasteiger partial charge in [0.15, 0.2) is 6.29 Å². The Labute approximate surface area is 116 Å². The van der Waals surface area contributed by atoms with Crippen molar-refractivity contribution in [2.24, 2.45) is 0 Å². The fourth-order valence-electron chi connectivity index (χ4n) is 1.90. The molecular formula is C15H12Cl2O. The van der Waals surface area contributed by atoms with E-state index in [1.54, 1.807) is 12.1 Å². The molecule has 0 aliphatic rings. The molecule has 0 atom stereocenters. The summed E-state index contributed by atoms with van der Waals surface area (Å²) in [6, 6.07) is 13.5. The average Bonchev–Trinajstić information content (AvgIpc) is 2.37. The number of aryl methyl sites for hydroxylation is 2. The molecule has 0 heterocycles. The fourth-order valence-corrected chi connectivity index (χ4v) is 2.48. The zero-order chi connectivity index (χ0) is 13.0. The SMILES string of the molecule is O=Cc1c(Cl)cc(Cl)cc1CCc1ccccc1. The lowest BCUT2D eigenvalue weighted by molar-refractivity contribution is 0.112. The Kier molecular flexibility index (Phi) is 4.40. The molecule has 0 fully saturated rings. The van der Waals surface area contributed by atoms with Crippen molar-refractivity contribution in [1.29, 1.82) is 0 Å². The molecule has 0 saturated carbocycles. The minimum absolute atomic E-state index is 0.417. The zero-order valence-corrected chi connectivity index (χ0v) is 11.2. The van der Waals surface area contributed by atoms with Crippen LogP contribution in [0.25, 0.3) is 0 Å². The molecule has 3 heteroatoms. The summed E-state index contributed by atoms with van der Waals surface area (Å²) in [5.74, 6) is 0. The fraction of sp³-hybridized carbons (Fsp3) is 0.133. The van der Waals surface area contributed by atoms with Crippen molar-refractivity contribution in [2.45, 2.75) is 12.8 Å². The number of rotatable bonds is 4. The van der Waals surface area contributed by atoms with E-state index >= 15 is 0 Å². The standard InChI is InChI=1S/C15H12Cl2O/c16-13-8-12(14(10-18)15(17)9-13)7-6-11-4-2-1-3-5-11/h1-5,8-10H,6-7H2. The largest absolute Gasteiger partial charge is 0.298 e. The van der Waals surface area contributed by atoms with Crippen LogP contribution in [0.1, 0.15) is 21.5 Å². The molecule has 0 radical (unpaired) electrons. The number of hydrogen-bond donors (Lipinski definition) is 0. The molecule has 0 amide bonds. The Morgan fingerprint density at radius 3 is 2.39 bits per heavy atom. The molecule has 1 nitrogen and oxygen atoms in total. The van der Waals surface area contributed by atoms with E-state index in [-0.39, 0.29) is 0 Å². The lowest BCUT2D eigenvalue weighted by Crippen LogP contribution is -1.97. The van der Waals surface area contributed by atoms with Crippen molar-refractivity contribution in [1.82, 2.24) is 0 Å². The van der Waals surface area contributed by atoms with Gasteiger partial charge in [0, 0.05) is 10.6 Å². The maximum atomic E-state index is 11.0. The Bertz CT molecular complexity index is 550. The maximum Gasteiger partial charge on any atom is 0.151 e. The molecule has 0 aliphatic carbocycles. The van der Waals surface area contributed by atoms with Crippen LogP contribution >= 0.6 is 23.2 Å². The van der Waals surface area contributed by atoms with Crippen LogP contribution in [0.2, 0.25) is 10.0 Å². The minimum atomic E-state index is 0.417. The van der Waals surface area contributed by atoms with Gasteiger partial charge < -0.3 is 0 Å². The first kappa shape index (κ1) is 13.1. The molecule has 0 N–H and O–H groups in total. The second-order valence-electron chi connectivity index (χ2n) is 4.06. The van der Waals surface area contributed by atoms with Crippen LogP contribution in [0.15, 0.2) is 42.5 Å². The predicted molar refractivity (Wildman–Crippen MR) is 75.7 cm³/mol. The van der Waals surface area contributed by atoms with E-state index in [0.717, 1.165) is 24.7 Å². The molecule has 2 aromatic rings. The number of carbonyl (C=O) groups is 1. The smallest absolute Gasteiger partial charge is 0.151 e. The number of carbonyl (C=O) groups excluding carboxylic acids is 1. The van der Waals surface area contributed by atoms with Gasteiger partial charge in [-0.25, -0.2) is 0 Å². The van der Waals surface area contributed by atoms with E-state index < -0.39 is 0 Å². The summed E-state index contributed by atoms with van der Waals surface area (Å²) < 4.78 is 0. The normalized spacial score (nSPS) is 10.3. The Balaban J connectivity index is 2.21. The van der Waals surface area contributed by atoms with Crippen LogP contribution in [0, 0.1) is 0 Å². The van der Waals surface area contributed by atoms with Gasteiger partial charge in [-0.05, 0) is 36.1 Å². The van der Waals surface area contributed by atoms with Crippen LogP contribution < -0.4 is 0 Å². The van der Waals surface area contributed by atoms with Gasteiger partial charge in [0.1, 0.15) is 0 Å². The first-order valence-electron chi connectivity index (χ1n) is 5.67. The number of aldehydes is 1. The third-order valence-electron chi connectivity index (χ3n) is 2.82. The molecule has 0 unspecified atom stereocenters. The van der Waals surface area contributed by atoms with Crippen molar-refractivity contribution in [2.75, 3.05) is 0 Å². The van der Waals surface area contributed by atoms with Crippen molar-refractivity contribution >= 4 is 29.5 Å². The lowest BCUT2D eigenvalue weighted by Gasteiger charge is -2.07. The van der Waals surface area contributed by atoms with E-state index in [2.05, 4.69) is 12.1 Å². The minimum Gasteiger partial charge on any atom is -0.298 e. The zero-order valence-electron chi connectivity index (χ0n) is 9.70. The van der Waals surface area contributed by atoms with Crippen LogP contribution in [0.3, 0.4) is 0 Å². The monoisotopic (exact) mass is 278 g/mol. The summed E-state index contributed by atoms with van der Waals surface area (Å²) in [4.78, 5) is 11.0. The van der Waals surface area contributed by atoms with Crippen LogP contribution in [-0.2, 0) is 12.8 Å². The van der Waals surface area contributed by atoms with Gasteiger partial charge in [0.2, 0.25) is 0 Å². The Morgan fingerprint density at radius 1 is 1.00 bits per heavy atom. The van der Waals surface area contributed by atoms with E-state index in [1.165, 1.54) is 5.56 Å². The first-order valence-corrected chi connectivity index (χ1v) is 6.43. The third-order valence-corrected chi connectivity index (χ3v) is 3.35. The molecule has 92 valence electrons. The molecule has 0 spiro atoms. The summed E-state index contributed by atoms with van der Waals surface area (Å²) in [7, 11) is 0. The second-order valence-corrected chi connectivity index (χ2v) is 4.91. The average molecular weight is 279 g/mol. The number of benzene rings is 2. The topological polar surface area (TPSA) is 17.1 Å². The Hall–Kier alpha value is -1.31. The van der Waals surface area contributed by atoms with Crippen molar-refractivity contribution < 1.29 is 4.79 Å². The summed E-state index contributed by atoms with van der Waals surface area (Å²) in [6.07, 6.45) is 2.40. The van der Waals surface area contributed by atoms with Gasteiger partial charge in [-0.2, -0.15) is 0 Å². The first-order chi connectivity index (χ1) is 8.70. The van der Waals surface area contributed by atoms with Crippen molar-refractivity contribution in [3.05, 3.63) is 69.2 Å². The van der Waals surface area contributed by atoms with Gasteiger partial charge in [-0.3, -0.25) is 4.79 Å². The van der Waals surface area contributed by atoms with Gasteiger partial charge >= 0.3 is 0 Å². The molecular weight excluding hydrogens is 267 g/mol. The third kappa shape index (κ3) is 3.12. The van der Waals surface area contributed by atoms with Crippen LogP contribution in [0.5, 0.6) is 0 Å². The van der Waals surface area contributed by atoms with Gasteiger partial charge in [-0.1, -0.05) is 53.5 Å².